The van der Waals surface area contributed by atoms with Crippen molar-refractivity contribution in [3.8, 4) is 11.5 Å². The Balaban J connectivity index is 0.00000160. The van der Waals surface area contributed by atoms with Crippen molar-refractivity contribution < 1.29 is 93.2 Å². The van der Waals surface area contributed by atoms with Crippen LogP contribution >= 0.6 is 0 Å². The topological polar surface area (TPSA) is 161 Å². The normalized spacial score (nSPS) is 16.8. The number of carboxylic acids is 1. The number of carbonyl (C=O) groups excluding carboxylic acids is 2. The maximum absolute atomic E-state index is 12.1. The van der Waals surface area contributed by atoms with Crippen LogP contribution in [-0.2, 0) is 17.6 Å². The van der Waals surface area contributed by atoms with Crippen LogP contribution in [0.4, 0.5) is 0 Å². The van der Waals surface area contributed by atoms with E-state index in [9.17, 15) is 24.7 Å². The maximum atomic E-state index is 12.1. The van der Waals surface area contributed by atoms with Crippen LogP contribution in [0.15, 0.2) is 18.5 Å². The van der Waals surface area contributed by atoms with Crippen molar-refractivity contribution in [3.05, 3.63) is 35.4 Å². The maximum Gasteiger partial charge on any atom is 1.00 e. The second-order valence-electron chi connectivity index (χ2n) is 6.88. The molecule has 0 bridgehead atoms. The zero-order valence-electron chi connectivity index (χ0n) is 16.7. The van der Waals surface area contributed by atoms with Crippen molar-refractivity contribution in [2.75, 3.05) is 13.1 Å². The van der Waals surface area contributed by atoms with Crippen LogP contribution in [0.1, 0.15) is 21.7 Å². The molecule has 0 saturated carbocycles. The van der Waals surface area contributed by atoms with Crippen molar-refractivity contribution in [2.24, 2.45) is 0 Å². The average Bonchev–Trinajstić information content (AvgIpc) is 3.08. The van der Waals surface area contributed by atoms with Gasteiger partial charge in [0.05, 0.1) is 36.8 Å². The van der Waals surface area contributed by atoms with Gasteiger partial charge in [-0.3, -0.25) is 9.89 Å². The minimum atomic E-state index is -3.12. The Morgan fingerprint density at radius 2 is 2.07 bits per heavy atom. The molecule has 1 amide bonds. The van der Waals surface area contributed by atoms with Gasteiger partial charge in [0.1, 0.15) is 24.0 Å². The number of hydrogen-bond acceptors (Lipinski definition) is 9. The van der Waals surface area contributed by atoms with Crippen LogP contribution in [0.25, 0.3) is 0 Å². The fourth-order valence-electron chi connectivity index (χ4n) is 3.29. The molecule has 1 aromatic carbocycles. The number of aryl methyl sites for hydroxylation is 1. The third-order valence-corrected chi connectivity index (χ3v) is 4.78. The minimum Gasteiger partial charge on any atom is -0.669 e. The van der Waals surface area contributed by atoms with Gasteiger partial charge in [-0.25, -0.2) is 4.98 Å². The summed E-state index contributed by atoms with van der Waals surface area (Å²) in [5.41, 5.74) is 0.169. The number of benzene rings is 1. The summed E-state index contributed by atoms with van der Waals surface area (Å²) in [6, 6.07) is 3.11. The predicted octanol–water partition coefficient (Wildman–Crippen LogP) is -8.13. The summed E-state index contributed by atoms with van der Waals surface area (Å²) >= 11 is 0. The molecule has 0 aliphatic carbocycles. The summed E-state index contributed by atoms with van der Waals surface area (Å²) in [7, 11) is 0. The third kappa shape index (κ3) is 5.38. The fourth-order valence-corrected chi connectivity index (χ4v) is 3.29. The summed E-state index contributed by atoms with van der Waals surface area (Å²) in [5.74, 6) is -1.39. The monoisotopic (exact) mass is 434 g/mol. The fraction of sp³-hybridized carbons (Fsp3) is 0.375. The third-order valence-electron chi connectivity index (χ3n) is 4.78. The van der Waals surface area contributed by atoms with E-state index in [0.717, 1.165) is 0 Å². The van der Waals surface area contributed by atoms with E-state index in [2.05, 4.69) is 15.2 Å². The summed E-state index contributed by atoms with van der Waals surface area (Å²) < 4.78 is 10.8. The zero-order chi connectivity index (χ0) is 19.9. The van der Waals surface area contributed by atoms with Crippen LogP contribution in [-0.4, -0.2) is 68.0 Å². The number of rotatable bonds is 5. The Morgan fingerprint density at radius 3 is 2.70 bits per heavy atom. The molecule has 2 aliphatic heterocycles. The van der Waals surface area contributed by atoms with Crippen molar-refractivity contribution in [3.63, 3.8) is 0 Å². The van der Waals surface area contributed by atoms with Crippen LogP contribution in [0.5, 0.6) is 11.5 Å². The van der Waals surface area contributed by atoms with E-state index in [0.29, 0.717) is 11.4 Å². The van der Waals surface area contributed by atoms with E-state index in [-0.39, 0.29) is 114 Å². The van der Waals surface area contributed by atoms with E-state index < -0.39 is 18.8 Å². The van der Waals surface area contributed by atoms with Crippen molar-refractivity contribution >= 4 is 18.6 Å². The molecule has 14 heteroatoms. The molecule has 2 aromatic rings. The van der Waals surface area contributed by atoms with Gasteiger partial charge in [0, 0.05) is 0 Å². The molecule has 2 aliphatic rings. The first kappa shape index (κ1) is 25.1. The molecule has 148 valence electrons. The van der Waals surface area contributed by atoms with Gasteiger partial charge < -0.3 is 34.2 Å². The number of nitrogens with zero attached hydrogens (tertiary/aromatic N) is 3. The molecular formula is C16H17BN4Na2O7. The van der Waals surface area contributed by atoms with Gasteiger partial charge in [-0.1, -0.05) is 12.4 Å². The Kier molecular flexibility index (Phi) is 8.39. The number of fused-ring (bicyclic) bond motifs is 1. The van der Waals surface area contributed by atoms with Gasteiger partial charge in [-0.2, -0.15) is 5.10 Å². The quantitative estimate of drug-likeness (QED) is 0.388. The van der Waals surface area contributed by atoms with E-state index >= 15 is 0 Å². The number of carboxylic acid groups (broad SMARTS) is 1. The number of aromatic amines is 1. The number of hydrogen-bond donors (Lipinski definition) is 3. The minimum absolute atomic E-state index is 0. The van der Waals surface area contributed by atoms with Crippen LogP contribution in [0, 0.1) is 0 Å². The molecule has 3 N–H and O–H groups in total. The van der Waals surface area contributed by atoms with Gasteiger partial charge in [0.15, 0.2) is 0 Å². The molecule has 1 saturated heterocycles. The number of aromatic carboxylic acids is 1. The van der Waals surface area contributed by atoms with Gasteiger partial charge in [0.2, 0.25) is 5.91 Å². The van der Waals surface area contributed by atoms with Gasteiger partial charge in [-0.05, 0) is 18.1 Å². The van der Waals surface area contributed by atoms with Crippen molar-refractivity contribution in [1.82, 2.24) is 20.1 Å². The van der Waals surface area contributed by atoms with E-state index in [1.165, 1.54) is 12.4 Å². The van der Waals surface area contributed by atoms with E-state index in [1.54, 1.807) is 11.0 Å². The zero-order valence-corrected chi connectivity index (χ0v) is 20.7. The van der Waals surface area contributed by atoms with Gasteiger partial charge in [-0.15, -0.1) is 0 Å². The molecule has 1 aromatic heterocycles. The summed E-state index contributed by atoms with van der Waals surface area (Å²) in [5, 5.41) is 37.4. The van der Waals surface area contributed by atoms with Crippen molar-refractivity contribution in [2.45, 2.75) is 25.3 Å². The van der Waals surface area contributed by atoms with Crippen LogP contribution < -0.4 is 73.6 Å². The van der Waals surface area contributed by atoms with Gasteiger partial charge in [0.25, 0.3) is 0 Å². The number of aromatic nitrogens is 3. The molecule has 0 unspecified atom stereocenters. The SMILES string of the molecule is O=C([O-])c1c(OC2CN(C(=O)Cc3ncn[nH]3)C2)ccc2c1O[B-](O)(O)CC2.[Na+].[Na+]. The molecule has 1 fully saturated rings. The average molecular weight is 434 g/mol. The second kappa shape index (κ2) is 10.0. The standard InChI is InChI=1S/C16H18BN4O7.2Na/c22-13(5-12-18-8-19-20-12)21-6-10(7-21)27-11-2-1-9-3-4-17(25,26)28-15(9)14(11)16(23)24;;/h1-2,8,10,25-26H,3-7H2,(H,23,24)(H,18,19,20);;/q-1;2*+1/p-1. The number of amides is 1. The number of H-pyrrole nitrogens is 1. The molecule has 30 heavy (non-hydrogen) atoms. The van der Waals surface area contributed by atoms with Gasteiger partial charge >= 0.3 is 65.9 Å². The second-order valence-corrected chi connectivity index (χ2v) is 6.88. The first-order valence-corrected chi connectivity index (χ1v) is 8.77. The molecule has 0 spiro atoms. The van der Waals surface area contributed by atoms with Crippen LogP contribution in [0.2, 0.25) is 6.32 Å². The molecule has 4 rings (SSSR count). The molecule has 0 radical (unpaired) electrons. The number of nitrogens with one attached hydrogen (secondary N) is 1. The molecular weight excluding hydrogens is 417 g/mol. The van der Waals surface area contributed by atoms with E-state index in [4.69, 9.17) is 9.39 Å². The molecule has 11 nitrogen and oxygen atoms in total. The Hall–Kier alpha value is -1.12. The van der Waals surface area contributed by atoms with E-state index in [1.807, 2.05) is 0 Å². The smallest absolute Gasteiger partial charge is 0.669 e. The summed E-state index contributed by atoms with van der Waals surface area (Å²) in [4.78, 5) is 29.2. The number of likely N-dealkylation sites (tertiary alicyclic amines) is 1. The first-order valence-electron chi connectivity index (χ1n) is 8.77. The number of ether oxygens (including phenoxy) is 1. The Bertz CT molecular complexity index is 923. The summed E-state index contributed by atoms with van der Waals surface area (Å²) in [6.07, 6.45) is 1.23. The Morgan fingerprint density at radius 1 is 1.33 bits per heavy atom. The summed E-state index contributed by atoms with van der Waals surface area (Å²) in [6.45, 7) is -2.56. The number of carbonyl (C=O) groups is 2. The van der Waals surface area contributed by atoms with Crippen molar-refractivity contribution in [1.29, 1.82) is 0 Å². The predicted molar refractivity (Wildman–Crippen MR) is 91.2 cm³/mol. The molecule has 0 atom stereocenters. The van der Waals surface area contributed by atoms with Crippen LogP contribution in [0.3, 0.4) is 0 Å². The Labute approximate surface area is 215 Å². The molecule has 3 heterocycles. The largest absolute Gasteiger partial charge is 1.00 e. The first-order chi connectivity index (χ1) is 13.3.